The molecule has 0 aliphatic heterocycles. The van der Waals surface area contributed by atoms with E-state index in [1.54, 1.807) is 0 Å². The first-order valence-electron chi connectivity index (χ1n) is 6.65. The summed E-state index contributed by atoms with van der Waals surface area (Å²) < 4.78 is 6.90. The predicted octanol–water partition coefficient (Wildman–Crippen LogP) is 3.63. The van der Waals surface area contributed by atoms with Crippen molar-refractivity contribution in [1.82, 2.24) is 10.2 Å². The monoisotopic (exact) mass is 324 g/mol. The minimum atomic E-state index is 0.538. The van der Waals surface area contributed by atoms with Crippen LogP contribution in [0.15, 0.2) is 33.2 Å². The number of furan rings is 1. The fraction of sp³-hybridized carbons (Fsp3) is 0.467. The van der Waals surface area contributed by atoms with Crippen LogP contribution >= 0.6 is 15.9 Å². The van der Waals surface area contributed by atoms with Gasteiger partial charge in [0, 0.05) is 24.5 Å². The molecule has 0 radical (unpaired) electrons. The van der Waals surface area contributed by atoms with Gasteiger partial charge in [0.15, 0.2) is 0 Å². The average Bonchev–Trinajstić information content (AvgIpc) is 2.72. The number of nitrogens with zero attached hydrogens (tertiary/aromatic N) is 1. The maximum Gasteiger partial charge on any atom is 0.148 e. The summed E-state index contributed by atoms with van der Waals surface area (Å²) in [5.74, 6) is 1.01. The number of hydrogen-bond donors (Lipinski definition) is 1. The van der Waals surface area contributed by atoms with Gasteiger partial charge in [-0.25, -0.2) is 0 Å². The van der Waals surface area contributed by atoms with Gasteiger partial charge in [-0.2, -0.15) is 0 Å². The fourth-order valence-corrected chi connectivity index (χ4v) is 2.51. The van der Waals surface area contributed by atoms with Gasteiger partial charge in [-0.05, 0) is 35.1 Å². The number of hydrogen-bond acceptors (Lipinski definition) is 3. The van der Waals surface area contributed by atoms with E-state index in [2.05, 4.69) is 59.2 Å². The molecule has 0 unspecified atom stereocenters. The Hall–Kier alpha value is -0.840. The summed E-state index contributed by atoms with van der Waals surface area (Å²) in [4.78, 5) is 2.26. The van der Waals surface area contributed by atoms with Crippen LogP contribution in [-0.2, 0) is 6.54 Å². The molecular formula is C15H21BrN2O. The van der Waals surface area contributed by atoms with Gasteiger partial charge in [0.25, 0.3) is 0 Å². The number of halogens is 1. The Morgan fingerprint density at radius 1 is 1.37 bits per heavy atom. The summed E-state index contributed by atoms with van der Waals surface area (Å²) in [6.07, 6.45) is 0. The number of likely N-dealkylation sites (N-methyl/N-ethyl adjacent to an activating group) is 1. The molecule has 2 aromatic rings. The molecule has 0 saturated heterocycles. The molecule has 4 heteroatoms. The molecular weight excluding hydrogens is 304 g/mol. The molecule has 0 aliphatic carbocycles. The predicted molar refractivity (Wildman–Crippen MR) is 83.4 cm³/mol. The first kappa shape index (κ1) is 14.6. The van der Waals surface area contributed by atoms with Gasteiger partial charge in [0.2, 0.25) is 0 Å². The van der Waals surface area contributed by atoms with Gasteiger partial charge in [0.05, 0.1) is 11.0 Å². The summed E-state index contributed by atoms with van der Waals surface area (Å²) in [5, 5.41) is 4.57. The third-order valence-electron chi connectivity index (χ3n) is 3.02. The SMILES string of the molecule is CC(C)NCCN(C)Cc1cc2cccc(Br)c2o1. The molecule has 0 spiro atoms. The lowest BCUT2D eigenvalue weighted by Gasteiger charge is -2.16. The van der Waals surface area contributed by atoms with Crippen molar-refractivity contribution in [1.29, 1.82) is 0 Å². The molecule has 0 aliphatic rings. The van der Waals surface area contributed by atoms with Gasteiger partial charge in [-0.3, -0.25) is 4.90 Å². The molecule has 1 heterocycles. The van der Waals surface area contributed by atoms with Crippen molar-refractivity contribution < 1.29 is 4.42 Å². The second-order valence-corrected chi connectivity index (χ2v) is 6.07. The highest BCUT2D eigenvalue weighted by atomic mass is 79.9. The van der Waals surface area contributed by atoms with Crippen molar-refractivity contribution in [2.45, 2.75) is 26.4 Å². The van der Waals surface area contributed by atoms with Crippen LogP contribution < -0.4 is 5.32 Å². The molecule has 0 bridgehead atoms. The van der Waals surface area contributed by atoms with Crippen LogP contribution in [0, 0.1) is 0 Å². The molecule has 104 valence electrons. The zero-order valence-corrected chi connectivity index (χ0v) is 13.3. The van der Waals surface area contributed by atoms with Crippen molar-refractivity contribution in [3.8, 4) is 0 Å². The highest BCUT2D eigenvalue weighted by Crippen LogP contribution is 2.27. The van der Waals surface area contributed by atoms with E-state index in [4.69, 9.17) is 4.42 Å². The molecule has 19 heavy (non-hydrogen) atoms. The normalized spacial score (nSPS) is 11.9. The molecule has 0 amide bonds. The molecule has 2 rings (SSSR count). The molecule has 1 aromatic heterocycles. The van der Waals surface area contributed by atoms with E-state index in [0.29, 0.717) is 6.04 Å². The lowest BCUT2D eigenvalue weighted by atomic mass is 10.2. The van der Waals surface area contributed by atoms with Crippen molar-refractivity contribution >= 4 is 26.9 Å². The second-order valence-electron chi connectivity index (χ2n) is 5.22. The summed E-state index contributed by atoms with van der Waals surface area (Å²) in [5.41, 5.74) is 0.936. The van der Waals surface area contributed by atoms with Crippen molar-refractivity contribution in [3.05, 3.63) is 34.5 Å². The Morgan fingerprint density at radius 2 is 2.16 bits per heavy atom. The van der Waals surface area contributed by atoms with Crippen LogP contribution in [0.1, 0.15) is 19.6 Å². The van der Waals surface area contributed by atoms with E-state index in [0.717, 1.165) is 40.8 Å². The van der Waals surface area contributed by atoms with Crippen LogP contribution in [0.3, 0.4) is 0 Å². The summed E-state index contributed by atoms with van der Waals surface area (Å²) >= 11 is 3.52. The minimum Gasteiger partial charge on any atom is -0.459 e. The van der Waals surface area contributed by atoms with E-state index in [-0.39, 0.29) is 0 Å². The Morgan fingerprint density at radius 3 is 2.84 bits per heavy atom. The van der Waals surface area contributed by atoms with E-state index in [1.165, 1.54) is 0 Å². The molecule has 0 atom stereocenters. The maximum atomic E-state index is 5.89. The van der Waals surface area contributed by atoms with Crippen molar-refractivity contribution in [2.24, 2.45) is 0 Å². The highest BCUT2D eigenvalue weighted by Gasteiger charge is 2.08. The van der Waals surface area contributed by atoms with Crippen LogP contribution in [0.4, 0.5) is 0 Å². The van der Waals surface area contributed by atoms with Gasteiger partial charge in [-0.1, -0.05) is 26.0 Å². The smallest absolute Gasteiger partial charge is 0.148 e. The van der Waals surface area contributed by atoms with Gasteiger partial charge >= 0.3 is 0 Å². The molecule has 0 fully saturated rings. The lowest BCUT2D eigenvalue weighted by Crippen LogP contribution is -2.32. The van der Waals surface area contributed by atoms with Crippen molar-refractivity contribution in [3.63, 3.8) is 0 Å². The average molecular weight is 325 g/mol. The van der Waals surface area contributed by atoms with Gasteiger partial charge in [0.1, 0.15) is 11.3 Å². The number of para-hydroxylation sites is 1. The van der Waals surface area contributed by atoms with Crippen molar-refractivity contribution in [2.75, 3.05) is 20.1 Å². The second kappa shape index (κ2) is 6.55. The largest absolute Gasteiger partial charge is 0.459 e. The van der Waals surface area contributed by atoms with Gasteiger partial charge < -0.3 is 9.73 Å². The Labute approximate surface area is 123 Å². The lowest BCUT2D eigenvalue weighted by molar-refractivity contribution is 0.295. The van der Waals surface area contributed by atoms with Gasteiger partial charge in [-0.15, -0.1) is 0 Å². The van der Waals surface area contributed by atoms with E-state index in [9.17, 15) is 0 Å². The molecule has 3 nitrogen and oxygen atoms in total. The summed E-state index contributed by atoms with van der Waals surface area (Å²) in [6.45, 7) is 7.17. The highest BCUT2D eigenvalue weighted by molar-refractivity contribution is 9.10. The summed E-state index contributed by atoms with van der Waals surface area (Å²) in [7, 11) is 2.12. The first-order valence-corrected chi connectivity index (χ1v) is 7.44. The van der Waals surface area contributed by atoms with E-state index < -0.39 is 0 Å². The van der Waals surface area contributed by atoms with Crippen LogP contribution in [-0.4, -0.2) is 31.1 Å². The standard InChI is InChI=1S/C15H21BrN2O/c1-11(2)17-7-8-18(3)10-13-9-12-5-4-6-14(16)15(12)19-13/h4-6,9,11,17H,7-8,10H2,1-3H3. The quantitative estimate of drug-likeness (QED) is 0.879. The minimum absolute atomic E-state index is 0.538. The Bertz CT molecular complexity index is 536. The van der Waals surface area contributed by atoms with Crippen LogP contribution in [0.5, 0.6) is 0 Å². The zero-order valence-electron chi connectivity index (χ0n) is 11.7. The molecule has 0 saturated carbocycles. The number of benzene rings is 1. The third-order valence-corrected chi connectivity index (χ3v) is 3.64. The molecule has 1 aromatic carbocycles. The number of fused-ring (bicyclic) bond motifs is 1. The Kier molecular flexibility index (Phi) is 5.02. The summed E-state index contributed by atoms with van der Waals surface area (Å²) in [6, 6.07) is 8.77. The zero-order chi connectivity index (χ0) is 13.8. The van der Waals surface area contributed by atoms with Crippen LogP contribution in [0.2, 0.25) is 0 Å². The third kappa shape index (κ3) is 4.06. The fourth-order valence-electron chi connectivity index (χ4n) is 2.05. The maximum absolute atomic E-state index is 5.89. The van der Waals surface area contributed by atoms with E-state index in [1.807, 2.05) is 12.1 Å². The number of rotatable bonds is 6. The van der Waals surface area contributed by atoms with Crippen LogP contribution in [0.25, 0.3) is 11.0 Å². The Balaban J connectivity index is 1.95. The molecule has 1 N–H and O–H groups in total. The van der Waals surface area contributed by atoms with E-state index >= 15 is 0 Å². The topological polar surface area (TPSA) is 28.4 Å². The number of nitrogens with one attached hydrogen (secondary N) is 1. The first-order chi connectivity index (χ1) is 9.06.